The highest BCUT2D eigenvalue weighted by molar-refractivity contribution is 6.30. The predicted octanol–water partition coefficient (Wildman–Crippen LogP) is 3.25. The van der Waals surface area contributed by atoms with E-state index in [1.54, 1.807) is 0 Å². The number of carbonyl (C=O) groups is 1. The van der Waals surface area contributed by atoms with Gasteiger partial charge in [-0.3, -0.25) is 4.79 Å². The first-order valence-corrected chi connectivity index (χ1v) is 8.80. The number of halogens is 2. The normalized spacial score (nSPS) is 15.0. The number of nitrogens with one attached hydrogen (secondary N) is 1. The summed E-state index contributed by atoms with van der Waals surface area (Å²) in [6.07, 6.45) is 0. The minimum absolute atomic E-state index is 0.0394. The SMILES string of the molecule is CN1CCN(c2ccc(NC(=O)COc3ccc(F)c(Cl)c3)cc2)CC1. The average molecular weight is 378 g/mol. The van der Waals surface area contributed by atoms with E-state index in [2.05, 4.69) is 22.2 Å². The van der Waals surface area contributed by atoms with Crippen LogP contribution in [0.1, 0.15) is 0 Å². The number of carbonyl (C=O) groups excluding carboxylic acids is 1. The molecule has 1 saturated heterocycles. The number of ether oxygens (including phenoxy) is 1. The molecular weight excluding hydrogens is 357 g/mol. The average Bonchev–Trinajstić information content (AvgIpc) is 2.64. The zero-order chi connectivity index (χ0) is 18.5. The molecule has 1 N–H and O–H groups in total. The van der Waals surface area contributed by atoms with E-state index in [9.17, 15) is 9.18 Å². The Morgan fingerprint density at radius 2 is 1.85 bits per heavy atom. The van der Waals surface area contributed by atoms with Crippen LogP contribution < -0.4 is 15.0 Å². The second kappa shape index (κ2) is 8.38. The van der Waals surface area contributed by atoms with Crippen LogP contribution in [0.5, 0.6) is 5.75 Å². The number of hydrogen-bond donors (Lipinski definition) is 1. The van der Waals surface area contributed by atoms with Gasteiger partial charge in [-0.2, -0.15) is 0 Å². The van der Waals surface area contributed by atoms with Crippen molar-refractivity contribution >= 4 is 28.9 Å². The first-order chi connectivity index (χ1) is 12.5. The van der Waals surface area contributed by atoms with Gasteiger partial charge in [-0.25, -0.2) is 4.39 Å². The van der Waals surface area contributed by atoms with Crippen molar-refractivity contribution in [1.82, 2.24) is 4.90 Å². The van der Waals surface area contributed by atoms with Gasteiger partial charge in [-0.1, -0.05) is 11.6 Å². The van der Waals surface area contributed by atoms with E-state index >= 15 is 0 Å². The van der Waals surface area contributed by atoms with Crippen molar-refractivity contribution in [2.24, 2.45) is 0 Å². The molecule has 1 aliphatic rings. The fourth-order valence-electron chi connectivity index (χ4n) is 2.73. The van der Waals surface area contributed by atoms with Crippen molar-refractivity contribution < 1.29 is 13.9 Å². The third-order valence-electron chi connectivity index (χ3n) is 4.28. The maximum atomic E-state index is 13.1. The summed E-state index contributed by atoms with van der Waals surface area (Å²) in [6.45, 7) is 3.90. The zero-order valence-corrected chi connectivity index (χ0v) is 15.3. The maximum absolute atomic E-state index is 13.1. The van der Waals surface area contributed by atoms with E-state index in [0.717, 1.165) is 31.9 Å². The molecule has 7 heteroatoms. The van der Waals surface area contributed by atoms with Crippen LogP contribution in [0.15, 0.2) is 42.5 Å². The quantitative estimate of drug-likeness (QED) is 0.868. The predicted molar refractivity (Wildman–Crippen MR) is 102 cm³/mol. The lowest BCUT2D eigenvalue weighted by Crippen LogP contribution is -2.44. The van der Waals surface area contributed by atoms with Crippen LogP contribution in [0.3, 0.4) is 0 Å². The van der Waals surface area contributed by atoms with Gasteiger partial charge in [0.25, 0.3) is 5.91 Å². The highest BCUT2D eigenvalue weighted by Crippen LogP contribution is 2.21. The highest BCUT2D eigenvalue weighted by Gasteiger charge is 2.14. The first kappa shape index (κ1) is 18.5. The molecular formula is C19H21ClFN3O2. The number of benzene rings is 2. The highest BCUT2D eigenvalue weighted by atomic mass is 35.5. The Hall–Kier alpha value is -2.31. The van der Waals surface area contributed by atoms with E-state index in [1.165, 1.54) is 18.2 Å². The van der Waals surface area contributed by atoms with Gasteiger partial charge in [0.15, 0.2) is 6.61 Å². The number of likely N-dealkylation sites (N-methyl/N-ethyl adjacent to an activating group) is 1. The molecule has 0 unspecified atom stereocenters. The number of piperazine rings is 1. The van der Waals surface area contributed by atoms with Gasteiger partial charge >= 0.3 is 0 Å². The Balaban J connectivity index is 1.50. The number of anilines is 2. The molecule has 0 aromatic heterocycles. The lowest BCUT2D eigenvalue weighted by molar-refractivity contribution is -0.118. The lowest BCUT2D eigenvalue weighted by Gasteiger charge is -2.34. The van der Waals surface area contributed by atoms with Crippen LogP contribution in [0, 0.1) is 5.82 Å². The molecule has 0 aliphatic carbocycles. The molecule has 0 spiro atoms. The summed E-state index contributed by atoms with van der Waals surface area (Å²) in [6, 6.07) is 11.7. The second-order valence-electron chi connectivity index (χ2n) is 6.25. The molecule has 0 saturated carbocycles. The largest absolute Gasteiger partial charge is 0.484 e. The van der Waals surface area contributed by atoms with E-state index in [4.69, 9.17) is 16.3 Å². The van der Waals surface area contributed by atoms with E-state index in [0.29, 0.717) is 11.4 Å². The molecule has 26 heavy (non-hydrogen) atoms. The van der Waals surface area contributed by atoms with Crippen molar-refractivity contribution in [2.45, 2.75) is 0 Å². The third-order valence-corrected chi connectivity index (χ3v) is 4.57. The Morgan fingerprint density at radius 1 is 1.15 bits per heavy atom. The molecule has 138 valence electrons. The Kier molecular flexibility index (Phi) is 5.96. The van der Waals surface area contributed by atoms with Crippen LogP contribution in [0.4, 0.5) is 15.8 Å². The van der Waals surface area contributed by atoms with Gasteiger partial charge < -0.3 is 19.9 Å². The van der Waals surface area contributed by atoms with Gasteiger partial charge in [0.1, 0.15) is 11.6 Å². The molecule has 2 aromatic carbocycles. The van der Waals surface area contributed by atoms with Gasteiger partial charge in [0, 0.05) is 43.6 Å². The van der Waals surface area contributed by atoms with E-state index in [1.807, 2.05) is 24.3 Å². The molecule has 0 atom stereocenters. The van der Waals surface area contributed by atoms with Crippen LogP contribution in [-0.4, -0.2) is 50.6 Å². The Morgan fingerprint density at radius 3 is 2.50 bits per heavy atom. The number of amides is 1. The fraction of sp³-hybridized carbons (Fsp3) is 0.316. The number of rotatable bonds is 5. The number of nitrogens with zero attached hydrogens (tertiary/aromatic N) is 2. The molecule has 1 aliphatic heterocycles. The maximum Gasteiger partial charge on any atom is 0.262 e. The molecule has 3 rings (SSSR count). The van der Waals surface area contributed by atoms with Crippen LogP contribution in [-0.2, 0) is 4.79 Å². The summed E-state index contributed by atoms with van der Waals surface area (Å²) in [5.41, 5.74) is 1.85. The summed E-state index contributed by atoms with van der Waals surface area (Å²) >= 11 is 5.68. The Bertz CT molecular complexity index is 762. The fourth-order valence-corrected chi connectivity index (χ4v) is 2.90. The standard InChI is InChI=1S/C19H21ClFN3O2/c1-23-8-10-24(11-9-23)15-4-2-14(3-5-15)22-19(25)13-26-16-6-7-18(21)17(20)12-16/h2-7,12H,8-11,13H2,1H3,(H,22,25). The van der Waals surface area contributed by atoms with Crippen LogP contribution in [0.2, 0.25) is 5.02 Å². The van der Waals surface area contributed by atoms with Gasteiger partial charge in [0.2, 0.25) is 0 Å². The van der Waals surface area contributed by atoms with Gasteiger partial charge in [0.05, 0.1) is 5.02 Å². The Labute approximate surface area is 157 Å². The summed E-state index contributed by atoms with van der Waals surface area (Å²) < 4.78 is 18.4. The molecule has 1 heterocycles. The van der Waals surface area contributed by atoms with Crippen molar-refractivity contribution in [3.63, 3.8) is 0 Å². The summed E-state index contributed by atoms with van der Waals surface area (Å²) in [4.78, 5) is 16.6. The first-order valence-electron chi connectivity index (χ1n) is 8.42. The van der Waals surface area contributed by atoms with Crippen LogP contribution >= 0.6 is 11.6 Å². The molecule has 0 radical (unpaired) electrons. The number of hydrogen-bond acceptors (Lipinski definition) is 4. The van der Waals surface area contributed by atoms with E-state index in [-0.39, 0.29) is 17.5 Å². The van der Waals surface area contributed by atoms with Gasteiger partial charge in [-0.05, 0) is 43.4 Å². The smallest absolute Gasteiger partial charge is 0.262 e. The lowest BCUT2D eigenvalue weighted by atomic mass is 10.2. The molecule has 2 aromatic rings. The van der Waals surface area contributed by atoms with E-state index < -0.39 is 5.82 Å². The molecule has 5 nitrogen and oxygen atoms in total. The molecule has 0 bridgehead atoms. The second-order valence-corrected chi connectivity index (χ2v) is 6.66. The van der Waals surface area contributed by atoms with Crippen molar-refractivity contribution in [1.29, 1.82) is 0 Å². The van der Waals surface area contributed by atoms with Crippen molar-refractivity contribution in [3.8, 4) is 5.75 Å². The summed E-state index contributed by atoms with van der Waals surface area (Å²) in [5, 5.41) is 2.74. The third kappa shape index (κ3) is 4.86. The van der Waals surface area contributed by atoms with Crippen molar-refractivity contribution in [3.05, 3.63) is 53.3 Å². The molecule has 1 fully saturated rings. The van der Waals surface area contributed by atoms with Crippen molar-refractivity contribution in [2.75, 3.05) is 50.1 Å². The molecule has 1 amide bonds. The van der Waals surface area contributed by atoms with Crippen LogP contribution in [0.25, 0.3) is 0 Å². The zero-order valence-electron chi connectivity index (χ0n) is 14.5. The minimum Gasteiger partial charge on any atom is -0.484 e. The topological polar surface area (TPSA) is 44.8 Å². The monoisotopic (exact) mass is 377 g/mol. The summed E-state index contributed by atoms with van der Waals surface area (Å²) in [5.74, 6) is -0.473. The van der Waals surface area contributed by atoms with Gasteiger partial charge in [-0.15, -0.1) is 0 Å². The summed E-state index contributed by atoms with van der Waals surface area (Å²) in [7, 11) is 2.12. The minimum atomic E-state index is -0.524.